The molecule has 24 heavy (non-hydrogen) atoms. The van der Waals surface area contributed by atoms with Gasteiger partial charge in [-0.3, -0.25) is 9.69 Å². The topological polar surface area (TPSA) is 29.5 Å². The molecule has 2 aromatic carbocycles. The molecule has 0 fully saturated rings. The quantitative estimate of drug-likeness (QED) is 0.531. The minimum absolute atomic E-state index is 0.0206. The van der Waals surface area contributed by atoms with Gasteiger partial charge in [-0.1, -0.05) is 50.3 Å². The smallest absolute Gasteiger partial charge is 0.185 e. The van der Waals surface area contributed by atoms with Crippen molar-refractivity contribution >= 4 is 11.9 Å². The summed E-state index contributed by atoms with van der Waals surface area (Å²) in [6, 6.07) is 15.5. The number of hydrogen-bond acceptors (Lipinski definition) is 3. The second-order valence-corrected chi connectivity index (χ2v) is 5.63. The van der Waals surface area contributed by atoms with Gasteiger partial charge in [-0.05, 0) is 48.5 Å². The number of allylic oxidation sites excluding steroid dienone is 1. The first-order chi connectivity index (χ1) is 11.7. The third-order valence-electron chi connectivity index (χ3n) is 4.06. The molecule has 0 saturated heterocycles. The van der Waals surface area contributed by atoms with E-state index in [-0.39, 0.29) is 5.78 Å². The minimum atomic E-state index is 0.0206. The van der Waals surface area contributed by atoms with Crippen molar-refractivity contribution in [2.24, 2.45) is 0 Å². The maximum Gasteiger partial charge on any atom is 0.185 e. The van der Waals surface area contributed by atoms with Crippen molar-refractivity contribution in [3.63, 3.8) is 0 Å². The van der Waals surface area contributed by atoms with Crippen LogP contribution in [0.2, 0.25) is 0 Å². The summed E-state index contributed by atoms with van der Waals surface area (Å²) >= 11 is 0. The Morgan fingerprint density at radius 2 is 1.79 bits per heavy atom. The first-order valence-corrected chi connectivity index (χ1v) is 8.34. The van der Waals surface area contributed by atoms with E-state index in [9.17, 15) is 4.79 Å². The Kier molecular flexibility index (Phi) is 6.76. The molecule has 0 radical (unpaired) electrons. The van der Waals surface area contributed by atoms with E-state index in [2.05, 4.69) is 24.8 Å². The number of ketones is 1. The fourth-order valence-corrected chi connectivity index (χ4v) is 2.51. The normalized spacial score (nSPS) is 11.2. The van der Waals surface area contributed by atoms with Gasteiger partial charge in [0.15, 0.2) is 5.78 Å². The number of hydrogen-bond donors (Lipinski definition) is 0. The molecule has 0 unspecified atom stereocenters. The van der Waals surface area contributed by atoms with E-state index < -0.39 is 0 Å². The molecule has 0 saturated carbocycles. The number of methoxy groups -OCH3 is 1. The van der Waals surface area contributed by atoms with E-state index in [1.165, 1.54) is 5.56 Å². The van der Waals surface area contributed by atoms with Gasteiger partial charge in [0.05, 0.1) is 7.11 Å². The van der Waals surface area contributed by atoms with Crippen LogP contribution in [-0.4, -0.2) is 30.9 Å². The van der Waals surface area contributed by atoms with E-state index >= 15 is 0 Å². The molecule has 3 heteroatoms. The second-order valence-electron chi connectivity index (χ2n) is 5.63. The Labute approximate surface area is 144 Å². The van der Waals surface area contributed by atoms with Crippen molar-refractivity contribution in [1.82, 2.24) is 4.90 Å². The summed E-state index contributed by atoms with van der Waals surface area (Å²) in [4.78, 5) is 14.7. The van der Waals surface area contributed by atoms with Crippen LogP contribution in [0, 0.1) is 0 Å². The van der Waals surface area contributed by atoms with Crippen LogP contribution in [-0.2, 0) is 6.54 Å². The molecular formula is C21H25NO2. The van der Waals surface area contributed by atoms with E-state index in [4.69, 9.17) is 4.74 Å². The average Bonchev–Trinajstić information content (AvgIpc) is 2.64. The van der Waals surface area contributed by atoms with Gasteiger partial charge >= 0.3 is 0 Å². The molecule has 0 aliphatic carbocycles. The van der Waals surface area contributed by atoms with Gasteiger partial charge in [0.25, 0.3) is 0 Å². The maximum atomic E-state index is 12.4. The molecule has 2 aromatic rings. The van der Waals surface area contributed by atoms with Crippen molar-refractivity contribution < 1.29 is 9.53 Å². The summed E-state index contributed by atoms with van der Waals surface area (Å²) in [5.41, 5.74) is 2.87. The number of benzene rings is 2. The molecule has 0 spiro atoms. The first-order valence-electron chi connectivity index (χ1n) is 8.34. The van der Waals surface area contributed by atoms with Crippen molar-refractivity contribution in [1.29, 1.82) is 0 Å². The highest BCUT2D eigenvalue weighted by Crippen LogP contribution is 2.14. The highest BCUT2D eigenvalue weighted by molar-refractivity contribution is 6.06. The molecule has 0 heterocycles. The SMILES string of the molecule is CCN(CC)Cc1cccc(C(=O)/C=C/c2ccc(OC)cc2)c1. The van der Waals surface area contributed by atoms with E-state index in [1.807, 2.05) is 48.5 Å². The van der Waals surface area contributed by atoms with Crippen LogP contribution in [0.4, 0.5) is 0 Å². The van der Waals surface area contributed by atoms with Gasteiger partial charge < -0.3 is 4.74 Å². The average molecular weight is 323 g/mol. The van der Waals surface area contributed by atoms with E-state index in [0.29, 0.717) is 0 Å². The number of rotatable bonds is 8. The summed E-state index contributed by atoms with van der Waals surface area (Å²) in [6.07, 6.45) is 3.46. The Bertz CT molecular complexity index is 685. The lowest BCUT2D eigenvalue weighted by atomic mass is 10.1. The zero-order valence-corrected chi connectivity index (χ0v) is 14.7. The summed E-state index contributed by atoms with van der Waals surface area (Å²) in [5, 5.41) is 0. The maximum absolute atomic E-state index is 12.4. The summed E-state index contributed by atoms with van der Waals surface area (Å²) in [6.45, 7) is 7.18. The summed E-state index contributed by atoms with van der Waals surface area (Å²) in [5.74, 6) is 0.829. The molecule has 3 nitrogen and oxygen atoms in total. The first kappa shape index (κ1) is 18.0. The zero-order chi connectivity index (χ0) is 17.4. The number of carbonyl (C=O) groups excluding carboxylic acids is 1. The predicted molar refractivity (Wildman–Crippen MR) is 99.4 cm³/mol. The Morgan fingerprint density at radius 1 is 1.08 bits per heavy atom. The second kappa shape index (κ2) is 9.04. The van der Waals surface area contributed by atoms with Crippen LogP contribution >= 0.6 is 0 Å². The van der Waals surface area contributed by atoms with Crippen LogP contribution in [0.5, 0.6) is 5.75 Å². The fraction of sp³-hybridized carbons (Fsp3) is 0.286. The van der Waals surface area contributed by atoms with Crippen molar-refractivity contribution in [2.45, 2.75) is 20.4 Å². The van der Waals surface area contributed by atoms with Gasteiger partial charge in [-0.25, -0.2) is 0 Å². The van der Waals surface area contributed by atoms with Crippen molar-refractivity contribution in [3.05, 3.63) is 71.3 Å². The van der Waals surface area contributed by atoms with E-state index in [1.54, 1.807) is 13.2 Å². The molecule has 0 amide bonds. The third-order valence-corrected chi connectivity index (χ3v) is 4.06. The van der Waals surface area contributed by atoms with Crippen LogP contribution in [0.1, 0.15) is 35.3 Å². The highest BCUT2D eigenvalue weighted by Gasteiger charge is 2.05. The summed E-state index contributed by atoms with van der Waals surface area (Å²) < 4.78 is 5.13. The molecule has 0 N–H and O–H groups in total. The number of ether oxygens (including phenoxy) is 1. The molecule has 2 rings (SSSR count). The molecule has 0 aromatic heterocycles. The molecule has 0 aliphatic rings. The fourth-order valence-electron chi connectivity index (χ4n) is 2.51. The monoisotopic (exact) mass is 323 g/mol. The molecular weight excluding hydrogens is 298 g/mol. The lowest BCUT2D eigenvalue weighted by molar-refractivity contribution is 0.104. The molecule has 0 aliphatic heterocycles. The number of nitrogens with zero attached hydrogens (tertiary/aromatic N) is 1. The van der Waals surface area contributed by atoms with E-state index in [0.717, 1.165) is 36.5 Å². The predicted octanol–water partition coefficient (Wildman–Crippen LogP) is 4.43. The van der Waals surface area contributed by atoms with Gasteiger partial charge in [0, 0.05) is 12.1 Å². The molecule has 0 atom stereocenters. The van der Waals surface area contributed by atoms with Gasteiger partial charge in [-0.2, -0.15) is 0 Å². The third kappa shape index (κ3) is 5.07. The van der Waals surface area contributed by atoms with Crippen LogP contribution in [0.25, 0.3) is 6.08 Å². The Hall–Kier alpha value is -2.39. The van der Waals surface area contributed by atoms with Gasteiger partial charge in [0.1, 0.15) is 5.75 Å². The van der Waals surface area contributed by atoms with Crippen molar-refractivity contribution in [2.75, 3.05) is 20.2 Å². The van der Waals surface area contributed by atoms with Gasteiger partial charge in [0.2, 0.25) is 0 Å². The summed E-state index contributed by atoms with van der Waals surface area (Å²) in [7, 11) is 1.64. The van der Waals surface area contributed by atoms with Crippen molar-refractivity contribution in [3.8, 4) is 5.75 Å². The molecule has 0 bridgehead atoms. The van der Waals surface area contributed by atoms with Crippen LogP contribution in [0.3, 0.4) is 0 Å². The zero-order valence-electron chi connectivity index (χ0n) is 14.7. The standard InChI is InChI=1S/C21H25NO2/c1-4-22(5-2)16-18-7-6-8-19(15-18)21(23)14-11-17-9-12-20(24-3)13-10-17/h6-15H,4-5,16H2,1-3H3/b14-11+. The largest absolute Gasteiger partial charge is 0.497 e. The Morgan fingerprint density at radius 3 is 2.42 bits per heavy atom. The molecule has 126 valence electrons. The van der Waals surface area contributed by atoms with Crippen LogP contribution < -0.4 is 4.74 Å². The minimum Gasteiger partial charge on any atom is -0.497 e. The van der Waals surface area contributed by atoms with Crippen LogP contribution in [0.15, 0.2) is 54.6 Å². The van der Waals surface area contributed by atoms with Gasteiger partial charge in [-0.15, -0.1) is 0 Å². The Balaban J connectivity index is 2.07. The number of carbonyl (C=O) groups is 1. The lowest BCUT2D eigenvalue weighted by Crippen LogP contribution is -2.22. The highest BCUT2D eigenvalue weighted by atomic mass is 16.5. The lowest BCUT2D eigenvalue weighted by Gasteiger charge is -2.18.